The standard InChI is InChI=1S/C19H15F2N3OS/c1-10-17(12-3-2-4-15(12)26-10)11-5-6-16(23-7-11)24-19(25)18-13(20)8-22-9-14(18)21/h5-9H,2-4H2,1H3,(H,23,24,25). The van der Waals surface area contributed by atoms with E-state index in [1.165, 1.54) is 27.3 Å². The third-order valence-electron chi connectivity index (χ3n) is 4.47. The molecule has 0 spiro atoms. The Morgan fingerprint density at radius 3 is 2.62 bits per heavy atom. The van der Waals surface area contributed by atoms with E-state index in [-0.39, 0.29) is 5.82 Å². The molecule has 4 nitrogen and oxygen atoms in total. The fourth-order valence-corrected chi connectivity index (χ4v) is 4.63. The highest BCUT2D eigenvalue weighted by Gasteiger charge is 2.22. The molecule has 0 saturated carbocycles. The molecule has 0 saturated heterocycles. The van der Waals surface area contributed by atoms with Gasteiger partial charge in [-0.15, -0.1) is 11.3 Å². The molecule has 1 amide bonds. The maximum atomic E-state index is 13.6. The molecule has 26 heavy (non-hydrogen) atoms. The molecule has 0 aromatic carbocycles. The van der Waals surface area contributed by atoms with E-state index < -0.39 is 23.1 Å². The summed E-state index contributed by atoms with van der Waals surface area (Å²) < 4.78 is 27.3. The Kier molecular flexibility index (Phi) is 4.24. The summed E-state index contributed by atoms with van der Waals surface area (Å²) in [5, 5.41) is 2.42. The summed E-state index contributed by atoms with van der Waals surface area (Å²) in [6, 6.07) is 3.51. The summed E-state index contributed by atoms with van der Waals surface area (Å²) in [6.45, 7) is 2.10. The highest BCUT2D eigenvalue weighted by molar-refractivity contribution is 7.12. The van der Waals surface area contributed by atoms with Crippen LogP contribution in [0.1, 0.15) is 32.1 Å². The maximum absolute atomic E-state index is 13.6. The second kappa shape index (κ2) is 6.57. The zero-order valence-corrected chi connectivity index (χ0v) is 14.8. The summed E-state index contributed by atoms with van der Waals surface area (Å²) >= 11 is 1.83. The lowest BCUT2D eigenvalue weighted by Gasteiger charge is -2.08. The highest BCUT2D eigenvalue weighted by atomic mass is 32.1. The molecular weight excluding hydrogens is 356 g/mol. The van der Waals surface area contributed by atoms with Gasteiger partial charge in [-0.1, -0.05) is 0 Å². The van der Waals surface area contributed by atoms with Gasteiger partial charge in [0, 0.05) is 27.1 Å². The van der Waals surface area contributed by atoms with Crippen molar-refractivity contribution in [3.63, 3.8) is 0 Å². The lowest BCUT2D eigenvalue weighted by molar-refractivity contribution is 0.101. The number of hydrogen-bond donors (Lipinski definition) is 1. The van der Waals surface area contributed by atoms with Gasteiger partial charge in [0.25, 0.3) is 5.91 Å². The van der Waals surface area contributed by atoms with Crippen LogP contribution >= 0.6 is 11.3 Å². The van der Waals surface area contributed by atoms with Gasteiger partial charge in [0.1, 0.15) is 11.4 Å². The molecule has 4 rings (SSSR count). The average Bonchev–Trinajstić information content (AvgIpc) is 3.15. The molecule has 3 aromatic heterocycles. The van der Waals surface area contributed by atoms with Gasteiger partial charge in [-0.25, -0.2) is 13.8 Å². The van der Waals surface area contributed by atoms with Crippen molar-refractivity contribution in [2.45, 2.75) is 26.2 Å². The van der Waals surface area contributed by atoms with Crippen molar-refractivity contribution in [1.82, 2.24) is 9.97 Å². The number of halogens is 2. The summed E-state index contributed by atoms with van der Waals surface area (Å²) in [7, 11) is 0. The average molecular weight is 371 g/mol. The minimum Gasteiger partial charge on any atom is -0.306 e. The Labute approximate surface area is 152 Å². The zero-order chi connectivity index (χ0) is 18.3. The highest BCUT2D eigenvalue weighted by Crippen LogP contribution is 2.40. The molecule has 1 aliphatic rings. The van der Waals surface area contributed by atoms with Gasteiger partial charge < -0.3 is 5.32 Å². The molecule has 0 aliphatic heterocycles. The molecule has 0 atom stereocenters. The van der Waals surface area contributed by atoms with Crippen molar-refractivity contribution >= 4 is 23.1 Å². The molecule has 0 bridgehead atoms. The summed E-state index contributed by atoms with van der Waals surface area (Å²) in [6.07, 6.45) is 6.67. The minimum atomic E-state index is -1.01. The largest absolute Gasteiger partial charge is 0.306 e. The third-order valence-corrected chi connectivity index (χ3v) is 5.68. The Morgan fingerprint density at radius 1 is 1.15 bits per heavy atom. The van der Waals surface area contributed by atoms with Crippen LogP contribution in [0.25, 0.3) is 11.1 Å². The molecule has 3 aromatic rings. The van der Waals surface area contributed by atoms with E-state index >= 15 is 0 Å². The van der Waals surface area contributed by atoms with Gasteiger partial charge in [0.15, 0.2) is 11.6 Å². The number of aromatic nitrogens is 2. The van der Waals surface area contributed by atoms with Crippen molar-refractivity contribution in [3.05, 3.63) is 63.2 Å². The summed E-state index contributed by atoms with van der Waals surface area (Å²) in [4.78, 5) is 22.4. The number of hydrogen-bond acceptors (Lipinski definition) is 4. The number of thiophene rings is 1. The number of anilines is 1. The van der Waals surface area contributed by atoms with E-state index in [0.717, 1.165) is 30.8 Å². The number of nitrogens with zero attached hydrogens (tertiary/aromatic N) is 2. The number of rotatable bonds is 3. The number of amides is 1. The number of pyridine rings is 2. The topological polar surface area (TPSA) is 54.9 Å². The smallest absolute Gasteiger partial charge is 0.262 e. The lowest BCUT2D eigenvalue weighted by Crippen LogP contribution is -2.16. The zero-order valence-electron chi connectivity index (χ0n) is 14.0. The molecular formula is C19H15F2N3OS. The molecule has 1 aliphatic carbocycles. The van der Waals surface area contributed by atoms with Crippen LogP contribution < -0.4 is 5.32 Å². The van der Waals surface area contributed by atoms with E-state index in [9.17, 15) is 13.6 Å². The van der Waals surface area contributed by atoms with Gasteiger partial charge in [-0.2, -0.15) is 0 Å². The number of carbonyl (C=O) groups is 1. The van der Waals surface area contributed by atoms with E-state index in [4.69, 9.17) is 0 Å². The van der Waals surface area contributed by atoms with Crippen molar-refractivity contribution in [1.29, 1.82) is 0 Å². The van der Waals surface area contributed by atoms with Crippen LogP contribution in [0.4, 0.5) is 14.6 Å². The number of aryl methyl sites for hydroxylation is 2. The number of fused-ring (bicyclic) bond motifs is 1. The first-order valence-electron chi connectivity index (χ1n) is 8.22. The SMILES string of the molecule is Cc1sc2c(c1-c1ccc(NC(=O)c3c(F)cncc3F)nc1)CCC2. The van der Waals surface area contributed by atoms with E-state index in [0.29, 0.717) is 0 Å². The fourth-order valence-electron chi connectivity index (χ4n) is 3.34. The lowest BCUT2D eigenvalue weighted by atomic mass is 10.0. The Bertz CT molecular complexity index is 979. The van der Waals surface area contributed by atoms with E-state index in [2.05, 4.69) is 22.2 Å². The van der Waals surface area contributed by atoms with Crippen LogP contribution in [0.3, 0.4) is 0 Å². The predicted molar refractivity (Wildman–Crippen MR) is 96.4 cm³/mol. The van der Waals surface area contributed by atoms with Crippen LogP contribution in [-0.4, -0.2) is 15.9 Å². The molecule has 132 valence electrons. The Morgan fingerprint density at radius 2 is 1.92 bits per heavy atom. The van der Waals surface area contributed by atoms with Crippen LogP contribution in [0.15, 0.2) is 30.7 Å². The molecule has 3 heterocycles. The van der Waals surface area contributed by atoms with Gasteiger partial charge in [-0.05, 0) is 43.9 Å². The first kappa shape index (κ1) is 16.8. The molecule has 0 unspecified atom stereocenters. The fraction of sp³-hybridized carbons (Fsp3) is 0.211. The predicted octanol–water partition coefficient (Wildman–Crippen LogP) is 4.53. The van der Waals surface area contributed by atoms with Crippen LogP contribution in [0.2, 0.25) is 0 Å². The van der Waals surface area contributed by atoms with E-state index in [1.807, 2.05) is 17.4 Å². The number of carbonyl (C=O) groups excluding carboxylic acids is 1. The Hall–Kier alpha value is -2.67. The Balaban J connectivity index is 1.58. The van der Waals surface area contributed by atoms with Gasteiger partial charge >= 0.3 is 0 Å². The normalized spacial score (nSPS) is 12.9. The van der Waals surface area contributed by atoms with Gasteiger partial charge in [0.2, 0.25) is 0 Å². The van der Waals surface area contributed by atoms with Crippen molar-refractivity contribution in [2.75, 3.05) is 5.32 Å². The first-order chi connectivity index (χ1) is 12.5. The molecule has 0 radical (unpaired) electrons. The third kappa shape index (κ3) is 2.88. The van der Waals surface area contributed by atoms with Gasteiger partial charge in [0.05, 0.1) is 12.4 Å². The second-order valence-electron chi connectivity index (χ2n) is 6.15. The maximum Gasteiger partial charge on any atom is 0.262 e. The summed E-state index contributed by atoms with van der Waals surface area (Å²) in [5.74, 6) is -2.68. The van der Waals surface area contributed by atoms with Crippen LogP contribution in [0.5, 0.6) is 0 Å². The van der Waals surface area contributed by atoms with Crippen molar-refractivity contribution in [2.24, 2.45) is 0 Å². The second-order valence-corrected chi connectivity index (χ2v) is 7.46. The van der Waals surface area contributed by atoms with Crippen molar-refractivity contribution in [3.8, 4) is 11.1 Å². The number of nitrogens with one attached hydrogen (secondary N) is 1. The molecule has 7 heteroatoms. The molecule has 1 N–H and O–H groups in total. The molecule has 0 fully saturated rings. The quantitative estimate of drug-likeness (QED) is 0.736. The van der Waals surface area contributed by atoms with Crippen molar-refractivity contribution < 1.29 is 13.6 Å². The minimum absolute atomic E-state index is 0.235. The first-order valence-corrected chi connectivity index (χ1v) is 9.04. The summed E-state index contributed by atoms with van der Waals surface area (Å²) in [5.41, 5.74) is 2.93. The van der Waals surface area contributed by atoms with Crippen LogP contribution in [-0.2, 0) is 12.8 Å². The monoisotopic (exact) mass is 371 g/mol. The van der Waals surface area contributed by atoms with E-state index in [1.54, 1.807) is 12.3 Å². The van der Waals surface area contributed by atoms with Crippen LogP contribution in [0, 0.1) is 18.6 Å². The van der Waals surface area contributed by atoms with Gasteiger partial charge in [-0.3, -0.25) is 9.78 Å².